The number of likely N-dealkylation sites (N-methyl/N-ethyl adjacent to an activating group) is 1. The van der Waals surface area contributed by atoms with E-state index in [1.165, 1.54) is 22.5 Å². The summed E-state index contributed by atoms with van der Waals surface area (Å²) in [6.45, 7) is 6.97. The number of benzene rings is 2. The van der Waals surface area contributed by atoms with Gasteiger partial charge < -0.3 is 14.2 Å². The van der Waals surface area contributed by atoms with E-state index in [2.05, 4.69) is 36.1 Å². The molecular formula is C28H37N3O6S. The molecule has 1 amide bonds. The number of sulfone groups is 1. The Morgan fingerprint density at radius 2 is 1.79 bits per heavy atom. The second-order valence-electron chi connectivity index (χ2n) is 9.68. The maximum absolute atomic E-state index is 13.1. The summed E-state index contributed by atoms with van der Waals surface area (Å²) in [5.41, 5.74) is 4.44. The van der Waals surface area contributed by atoms with Crippen LogP contribution in [-0.4, -0.2) is 73.4 Å². The van der Waals surface area contributed by atoms with E-state index >= 15 is 0 Å². The zero-order valence-corrected chi connectivity index (χ0v) is 23.3. The Morgan fingerprint density at radius 3 is 2.39 bits per heavy atom. The van der Waals surface area contributed by atoms with Crippen LogP contribution in [0.25, 0.3) is 21.9 Å². The fourth-order valence-corrected chi connectivity index (χ4v) is 5.21. The topological polar surface area (TPSA) is 118 Å². The molecule has 10 heteroatoms. The highest BCUT2D eigenvalue weighted by Crippen LogP contribution is 2.25. The Balaban J connectivity index is 1.76. The molecule has 3 rings (SSSR count). The maximum atomic E-state index is 13.1. The lowest BCUT2D eigenvalue weighted by Crippen LogP contribution is -2.49. The molecule has 0 spiro atoms. The van der Waals surface area contributed by atoms with Crippen molar-refractivity contribution in [2.45, 2.75) is 38.0 Å². The van der Waals surface area contributed by atoms with Crippen LogP contribution < -0.4 is 11.0 Å². The first-order valence-electron chi connectivity index (χ1n) is 12.6. The first kappa shape index (κ1) is 29.5. The number of ether oxygens (including phenoxy) is 1. The Labute approximate surface area is 223 Å². The summed E-state index contributed by atoms with van der Waals surface area (Å²) in [5, 5.41) is 10.3. The number of aromatic nitrogens is 1. The van der Waals surface area contributed by atoms with E-state index in [1.807, 2.05) is 12.1 Å². The maximum Gasteiger partial charge on any atom is 0.264 e. The molecule has 2 N–H and O–H groups in total. The van der Waals surface area contributed by atoms with Gasteiger partial charge in [0.25, 0.3) is 11.5 Å². The summed E-state index contributed by atoms with van der Waals surface area (Å²) >= 11 is 0. The van der Waals surface area contributed by atoms with E-state index in [0.717, 1.165) is 55.4 Å². The van der Waals surface area contributed by atoms with Crippen molar-refractivity contribution in [3.63, 3.8) is 0 Å². The predicted octanol–water partition coefficient (Wildman–Crippen LogP) is 2.88. The number of carbonyl (C=O) groups excluding carboxylic acids is 1. The van der Waals surface area contributed by atoms with Crippen LogP contribution in [0.4, 0.5) is 0 Å². The number of hydrogen-bond donors (Lipinski definition) is 2. The number of nitrogens with zero attached hydrogens (tertiary/aromatic N) is 2. The Hall–Kier alpha value is -3.05. The zero-order valence-electron chi connectivity index (χ0n) is 22.4. The summed E-state index contributed by atoms with van der Waals surface area (Å²) in [6, 6.07) is 15.8. The van der Waals surface area contributed by atoms with Crippen LogP contribution in [0.1, 0.15) is 25.8 Å². The van der Waals surface area contributed by atoms with Gasteiger partial charge in [0.05, 0.1) is 6.61 Å². The van der Waals surface area contributed by atoms with Gasteiger partial charge in [-0.25, -0.2) is 13.9 Å². The SMILES string of the molecule is CCN(CCOC)CCc1ccc(-c2ccc3c(=O)n(CC[C@](C)(C(=O)NO)S(C)(=O)=O)ccc3c2)cc1. The van der Waals surface area contributed by atoms with E-state index in [9.17, 15) is 18.0 Å². The number of carbonyl (C=O) groups is 1. The lowest BCUT2D eigenvalue weighted by atomic mass is 10.00. The highest BCUT2D eigenvalue weighted by molar-refractivity contribution is 7.92. The molecule has 2 aromatic carbocycles. The minimum atomic E-state index is -3.85. The molecule has 0 aliphatic carbocycles. The third-order valence-electron chi connectivity index (χ3n) is 7.27. The molecule has 0 aliphatic heterocycles. The minimum absolute atomic E-state index is 0.00406. The van der Waals surface area contributed by atoms with Crippen LogP contribution >= 0.6 is 0 Å². The molecule has 1 heterocycles. The van der Waals surface area contributed by atoms with E-state index in [1.54, 1.807) is 25.4 Å². The van der Waals surface area contributed by atoms with Crippen LogP contribution in [0.15, 0.2) is 59.5 Å². The van der Waals surface area contributed by atoms with Gasteiger partial charge in [0, 0.05) is 44.6 Å². The molecule has 0 aliphatic rings. The van der Waals surface area contributed by atoms with Gasteiger partial charge in [-0.15, -0.1) is 0 Å². The highest BCUT2D eigenvalue weighted by atomic mass is 32.2. The number of fused-ring (bicyclic) bond motifs is 1. The molecule has 0 saturated carbocycles. The van der Waals surface area contributed by atoms with Crippen molar-refractivity contribution in [2.24, 2.45) is 0 Å². The predicted molar refractivity (Wildman–Crippen MR) is 149 cm³/mol. The van der Waals surface area contributed by atoms with Crippen molar-refractivity contribution in [3.8, 4) is 11.1 Å². The minimum Gasteiger partial charge on any atom is -0.383 e. The molecule has 0 radical (unpaired) electrons. The average molecular weight is 544 g/mol. The van der Waals surface area contributed by atoms with E-state index in [4.69, 9.17) is 9.94 Å². The van der Waals surface area contributed by atoms with Crippen LogP contribution in [-0.2, 0) is 32.3 Å². The number of amides is 1. The van der Waals surface area contributed by atoms with Crippen molar-refractivity contribution in [1.29, 1.82) is 0 Å². The van der Waals surface area contributed by atoms with E-state index < -0.39 is 20.5 Å². The third-order valence-corrected chi connectivity index (χ3v) is 9.30. The van der Waals surface area contributed by atoms with Gasteiger partial charge in [-0.1, -0.05) is 37.3 Å². The first-order chi connectivity index (χ1) is 18.0. The largest absolute Gasteiger partial charge is 0.383 e. The van der Waals surface area contributed by atoms with Crippen molar-refractivity contribution in [3.05, 3.63) is 70.6 Å². The first-order valence-corrected chi connectivity index (χ1v) is 14.5. The molecule has 3 aromatic rings. The normalized spacial score (nSPS) is 13.5. The Bertz CT molecular complexity index is 1420. The fourth-order valence-electron chi connectivity index (χ4n) is 4.36. The fraction of sp³-hybridized carbons (Fsp3) is 0.429. The summed E-state index contributed by atoms with van der Waals surface area (Å²) in [7, 11) is -2.13. The number of rotatable bonds is 13. The van der Waals surface area contributed by atoms with Gasteiger partial charge >= 0.3 is 0 Å². The van der Waals surface area contributed by atoms with Gasteiger partial charge in [0.1, 0.15) is 0 Å². The molecule has 0 saturated heterocycles. The second-order valence-corrected chi connectivity index (χ2v) is 12.1. The Kier molecular flexibility index (Phi) is 9.83. The van der Waals surface area contributed by atoms with Crippen LogP contribution in [0.5, 0.6) is 0 Å². The number of pyridine rings is 1. The molecule has 0 fully saturated rings. The molecule has 1 aromatic heterocycles. The highest BCUT2D eigenvalue weighted by Gasteiger charge is 2.43. The summed E-state index contributed by atoms with van der Waals surface area (Å²) < 4.78 is 29.1. The molecule has 206 valence electrons. The number of hydrogen-bond acceptors (Lipinski definition) is 7. The van der Waals surface area contributed by atoms with Crippen molar-refractivity contribution < 1.29 is 23.2 Å². The molecule has 1 atom stereocenters. The quantitative estimate of drug-likeness (QED) is 0.251. The summed E-state index contributed by atoms with van der Waals surface area (Å²) in [4.78, 5) is 27.5. The summed E-state index contributed by atoms with van der Waals surface area (Å²) in [5.74, 6) is -1.03. The second kappa shape index (κ2) is 12.7. The molecule has 0 unspecified atom stereocenters. The number of aryl methyl sites for hydroxylation is 1. The molecular weight excluding hydrogens is 506 g/mol. The molecule has 9 nitrogen and oxygen atoms in total. The number of hydroxylamine groups is 1. The van der Waals surface area contributed by atoms with E-state index in [0.29, 0.717) is 5.39 Å². The van der Waals surface area contributed by atoms with Crippen molar-refractivity contribution in [1.82, 2.24) is 14.9 Å². The van der Waals surface area contributed by atoms with Crippen LogP contribution in [0.2, 0.25) is 0 Å². The lowest BCUT2D eigenvalue weighted by molar-refractivity contribution is -0.131. The zero-order chi connectivity index (χ0) is 27.9. The smallest absolute Gasteiger partial charge is 0.264 e. The van der Waals surface area contributed by atoms with E-state index in [-0.39, 0.29) is 18.5 Å². The van der Waals surface area contributed by atoms with Gasteiger partial charge in [-0.05, 0) is 66.6 Å². The van der Waals surface area contributed by atoms with Crippen molar-refractivity contribution >= 4 is 26.5 Å². The lowest BCUT2D eigenvalue weighted by Gasteiger charge is -2.25. The summed E-state index contributed by atoms with van der Waals surface area (Å²) in [6.07, 6.45) is 3.31. The average Bonchev–Trinajstić information content (AvgIpc) is 2.91. The van der Waals surface area contributed by atoms with Gasteiger partial charge in [0.15, 0.2) is 14.6 Å². The van der Waals surface area contributed by atoms with Crippen molar-refractivity contribution in [2.75, 3.05) is 39.6 Å². The van der Waals surface area contributed by atoms with Crippen LogP contribution in [0.3, 0.4) is 0 Å². The van der Waals surface area contributed by atoms with Gasteiger partial charge in [-0.3, -0.25) is 14.8 Å². The Morgan fingerprint density at radius 1 is 1.11 bits per heavy atom. The number of methoxy groups -OCH3 is 1. The van der Waals surface area contributed by atoms with Gasteiger partial charge in [-0.2, -0.15) is 0 Å². The molecule has 38 heavy (non-hydrogen) atoms. The molecule has 0 bridgehead atoms. The number of nitrogens with one attached hydrogen (secondary N) is 1. The third kappa shape index (κ3) is 6.68. The monoisotopic (exact) mass is 543 g/mol. The van der Waals surface area contributed by atoms with Gasteiger partial charge in [0.2, 0.25) is 0 Å². The standard InChI is InChI=1S/C28H37N3O6S/c1-5-30(18-19-37-3)15-12-21-6-8-22(9-7-21)23-10-11-25-24(20-23)13-16-31(26(25)32)17-14-28(2,27(33)29-34)38(4,35)36/h6-11,13,16,20,34H,5,12,14-15,17-19H2,1-4H3,(H,29,33)/t28-/m1/s1. The van der Waals surface area contributed by atoms with Crippen LogP contribution in [0, 0.1) is 0 Å².